The summed E-state index contributed by atoms with van der Waals surface area (Å²) in [7, 11) is 2.07. The molecule has 2 amide bonds. The summed E-state index contributed by atoms with van der Waals surface area (Å²) < 4.78 is 0. The van der Waals surface area contributed by atoms with Crippen LogP contribution in [0.25, 0.3) is 0 Å². The molecule has 1 atom stereocenters. The quantitative estimate of drug-likeness (QED) is 0.755. The second kappa shape index (κ2) is 9.79. The largest absolute Gasteiger partial charge is 0.340 e. The molecular formula is C18H28N4O2S. The Kier molecular flexibility index (Phi) is 7.74. The van der Waals surface area contributed by atoms with E-state index in [4.69, 9.17) is 5.73 Å². The summed E-state index contributed by atoms with van der Waals surface area (Å²) in [5.41, 5.74) is 7.52. The number of nitrogens with two attached hydrogens (primary N) is 1. The number of likely N-dealkylation sites (N-methyl/N-ethyl adjacent to an activating group) is 1. The monoisotopic (exact) mass is 364 g/mol. The number of piperazine rings is 1. The highest BCUT2D eigenvalue weighted by Gasteiger charge is 2.19. The lowest BCUT2D eigenvalue weighted by atomic mass is 10.1. The summed E-state index contributed by atoms with van der Waals surface area (Å²) in [5, 5.41) is 2.83. The molecule has 0 spiro atoms. The van der Waals surface area contributed by atoms with Gasteiger partial charge in [-0.05, 0) is 43.2 Å². The van der Waals surface area contributed by atoms with E-state index in [1.165, 1.54) is 0 Å². The molecule has 7 heteroatoms. The molecule has 1 aromatic rings. The molecule has 0 saturated carbocycles. The number of hydrogen-bond donors (Lipinski definition) is 2. The third-order valence-corrected chi connectivity index (χ3v) is 5.05. The first kappa shape index (κ1) is 19.8. The predicted octanol–water partition coefficient (Wildman–Crippen LogP) is 1.02. The van der Waals surface area contributed by atoms with Gasteiger partial charge in [-0.25, -0.2) is 0 Å². The summed E-state index contributed by atoms with van der Waals surface area (Å²) in [6.07, 6.45) is 3.04. The summed E-state index contributed by atoms with van der Waals surface area (Å²) >= 11 is 1.67. The van der Waals surface area contributed by atoms with E-state index in [1.54, 1.807) is 11.8 Å². The SMILES string of the molecule is CSCC[C@H](N)C(=O)Nc1ccc(CC(=O)N2CCN(C)CC2)cc1. The number of nitrogens with zero attached hydrogens (tertiary/aromatic N) is 2. The molecule has 1 heterocycles. The minimum atomic E-state index is -0.495. The van der Waals surface area contributed by atoms with Crippen molar-refractivity contribution in [3.05, 3.63) is 29.8 Å². The standard InChI is InChI=1S/C18H28N4O2S/c1-21-8-10-22(11-9-21)17(23)13-14-3-5-15(6-4-14)20-18(24)16(19)7-12-25-2/h3-6,16H,7-13,19H2,1-2H3,(H,20,24)/t16-/m0/s1. The van der Waals surface area contributed by atoms with Crippen LogP contribution in [0.1, 0.15) is 12.0 Å². The van der Waals surface area contributed by atoms with E-state index in [0.29, 0.717) is 18.5 Å². The van der Waals surface area contributed by atoms with Crippen molar-refractivity contribution in [3.63, 3.8) is 0 Å². The highest BCUT2D eigenvalue weighted by Crippen LogP contribution is 2.12. The average molecular weight is 365 g/mol. The highest BCUT2D eigenvalue weighted by molar-refractivity contribution is 7.98. The Labute approximate surface area is 154 Å². The minimum absolute atomic E-state index is 0.156. The molecule has 3 N–H and O–H groups in total. The van der Waals surface area contributed by atoms with Crippen LogP contribution in [0.5, 0.6) is 0 Å². The van der Waals surface area contributed by atoms with Crippen molar-refractivity contribution in [2.75, 3.05) is 50.6 Å². The Balaban J connectivity index is 1.83. The third-order valence-electron chi connectivity index (χ3n) is 4.40. The highest BCUT2D eigenvalue weighted by atomic mass is 32.2. The maximum absolute atomic E-state index is 12.3. The lowest BCUT2D eigenvalue weighted by Gasteiger charge is -2.32. The Morgan fingerprint density at radius 2 is 1.84 bits per heavy atom. The average Bonchev–Trinajstić information content (AvgIpc) is 2.61. The molecule has 25 heavy (non-hydrogen) atoms. The normalized spacial score (nSPS) is 16.5. The van der Waals surface area contributed by atoms with Crippen molar-refractivity contribution in [3.8, 4) is 0 Å². The topological polar surface area (TPSA) is 78.7 Å². The van der Waals surface area contributed by atoms with E-state index in [-0.39, 0.29) is 11.8 Å². The van der Waals surface area contributed by atoms with Gasteiger partial charge in [-0.1, -0.05) is 12.1 Å². The number of thioether (sulfide) groups is 1. The second-order valence-electron chi connectivity index (χ2n) is 6.43. The van der Waals surface area contributed by atoms with Gasteiger partial charge in [-0.15, -0.1) is 0 Å². The molecule has 6 nitrogen and oxygen atoms in total. The molecule has 0 bridgehead atoms. The Morgan fingerprint density at radius 3 is 2.44 bits per heavy atom. The van der Waals surface area contributed by atoms with Crippen molar-refractivity contribution >= 4 is 29.3 Å². The Bertz CT molecular complexity index is 571. The number of carbonyl (C=O) groups excluding carboxylic acids is 2. The first-order valence-electron chi connectivity index (χ1n) is 8.60. The Morgan fingerprint density at radius 1 is 1.20 bits per heavy atom. The van der Waals surface area contributed by atoms with Crippen LogP contribution in [0.15, 0.2) is 24.3 Å². The summed E-state index contributed by atoms with van der Waals surface area (Å²) in [6.45, 7) is 3.43. The van der Waals surface area contributed by atoms with Gasteiger partial charge in [-0.3, -0.25) is 9.59 Å². The zero-order valence-corrected chi connectivity index (χ0v) is 15.8. The maximum atomic E-state index is 12.3. The minimum Gasteiger partial charge on any atom is -0.340 e. The fourth-order valence-electron chi connectivity index (χ4n) is 2.66. The summed E-state index contributed by atoms with van der Waals surface area (Å²) in [6, 6.07) is 6.93. The fraction of sp³-hybridized carbons (Fsp3) is 0.556. The molecule has 138 valence electrons. The molecule has 2 rings (SSSR count). The van der Waals surface area contributed by atoms with Crippen LogP contribution in [0.3, 0.4) is 0 Å². The van der Waals surface area contributed by atoms with Crippen LogP contribution in [-0.2, 0) is 16.0 Å². The number of hydrogen-bond acceptors (Lipinski definition) is 5. The van der Waals surface area contributed by atoms with Crippen LogP contribution in [0, 0.1) is 0 Å². The van der Waals surface area contributed by atoms with Gasteiger partial charge in [0.2, 0.25) is 11.8 Å². The van der Waals surface area contributed by atoms with E-state index in [0.717, 1.165) is 37.5 Å². The summed E-state index contributed by atoms with van der Waals surface area (Å²) in [5.74, 6) is 0.848. The lowest BCUT2D eigenvalue weighted by molar-refractivity contribution is -0.132. The first-order chi connectivity index (χ1) is 12.0. The van der Waals surface area contributed by atoms with Crippen LogP contribution < -0.4 is 11.1 Å². The van der Waals surface area contributed by atoms with E-state index >= 15 is 0 Å². The van der Waals surface area contributed by atoms with Gasteiger partial charge in [0.05, 0.1) is 12.5 Å². The predicted molar refractivity (Wildman–Crippen MR) is 104 cm³/mol. The maximum Gasteiger partial charge on any atom is 0.241 e. The van der Waals surface area contributed by atoms with Gasteiger partial charge >= 0.3 is 0 Å². The molecule has 0 aromatic heterocycles. The van der Waals surface area contributed by atoms with Crippen molar-refractivity contribution < 1.29 is 9.59 Å². The van der Waals surface area contributed by atoms with E-state index in [1.807, 2.05) is 35.4 Å². The first-order valence-corrected chi connectivity index (χ1v) is 9.99. The Hall–Kier alpha value is -1.57. The fourth-order valence-corrected chi connectivity index (χ4v) is 3.15. The number of carbonyl (C=O) groups is 2. The molecule has 0 radical (unpaired) electrons. The smallest absolute Gasteiger partial charge is 0.241 e. The van der Waals surface area contributed by atoms with Gasteiger partial charge in [-0.2, -0.15) is 11.8 Å². The zero-order chi connectivity index (χ0) is 18.2. The van der Waals surface area contributed by atoms with Gasteiger partial charge in [0.15, 0.2) is 0 Å². The van der Waals surface area contributed by atoms with Crippen LogP contribution in [0.4, 0.5) is 5.69 Å². The van der Waals surface area contributed by atoms with Gasteiger partial charge in [0, 0.05) is 31.9 Å². The van der Waals surface area contributed by atoms with Gasteiger partial charge in [0.1, 0.15) is 0 Å². The lowest BCUT2D eigenvalue weighted by Crippen LogP contribution is -2.47. The summed E-state index contributed by atoms with van der Waals surface area (Å²) in [4.78, 5) is 28.5. The molecule has 1 aromatic carbocycles. The molecule has 0 unspecified atom stereocenters. The number of benzene rings is 1. The molecule has 1 fully saturated rings. The number of nitrogens with one attached hydrogen (secondary N) is 1. The number of rotatable bonds is 7. The molecular weight excluding hydrogens is 336 g/mol. The van der Waals surface area contributed by atoms with Gasteiger partial charge < -0.3 is 20.9 Å². The van der Waals surface area contributed by atoms with Crippen molar-refractivity contribution in [1.29, 1.82) is 0 Å². The second-order valence-corrected chi connectivity index (χ2v) is 7.42. The van der Waals surface area contributed by atoms with Crippen LogP contribution >= 0.6 is 11.8 Å². The zero-order valence-electron chi connectivity index (χ0n) is 15.0. The molecule has 0 aliphatic carbocycles. The number of anilines is 1. The van der Waals surface area contributed by atoms with Crippen molar-refractivity contribution in [1.82, 2.24) is 9.80 Å². The van der Waals surface area contributed by atoms with Crippen molar-refractivity contribution in [2.24, 2.45) is 5.73 Å². The van der Waals surface area contributed by atoms with E-state index < -0.39 is 6.04 Å². The molecule has 1 aliphatic heterocycles. The number of amides is 2. The van der Waals surface area contributed by atoms with Gasteiger partial charge in [0.25, 0.3) is 0 Å². The van der Waals surface area contributed by atoms with E-state index in [9.17, 15) is 9.59 Å². The van der Waals surface area contributed by atoms with Crippen LogP contribution in [-0.4, -0.2) is 72.9 Å². The third kappa shape index (κ3) is 6.34. The molecule has 1 saturated heterocycles. The van der Waals surface area contributed by atoms with E-state index in [2.05, 4.69) is 17.3 Å². The van der Waals surface area contributed by atoms with Crippen molar-refractivity contribution in [2.45, 2.75) is 18.9 Å². The van der Waals surface area contributed by atoms with Crippen LogP contribution in [0.2, 0.25) is 0 Å². The molecule has 1 aliphatic rings.